The number of rotatable bonds is 5. The molecule has 11 heteroatoms. The van der Waals surface area contributed by atoms with Crippen molar-refractivity contribution in [1.82, 2.24) is 0 Å². The fourth-order valence-electron chi connectivity index (χ4n) is 2.33. The van der Waals surface area contributed by atoms with Crippen LogP contribution in [-0.4, -0.2) is 29.4 Å². The topological polar surface area (TPSA) is 106 Å². The van der Waals surface area contributed by atoms with Gasteiger partial charge < -0.3 is 10.1 Å². The lowest BCUT2D eigenvalue weighted by Crippen LogP contribution is -2.13. The van der Waals surface area contributed by atoms with Gasteiger partial charge in [-0.3, -0.25) is 14.9 Å². The van der Waals surface area contributed by atoms with Gasteiger partial charge in [0, 0.05) is 27.7 Å². The van der Waals surface area contributed by atoms with Crippen molar-refractivity contribution in [3.63, 3.8) is 0 Å². The molecule has 1 amide bonds. The third kappa shape index (κ3) is 4.14. The van der Waals surface area contributed by atoms with Crippen molar-refractivity contribution in [3.05, 3.63) is 62.1 Å². The first-order valence-corrected chi connectivity index (χ1v) is 8.10. The highest BCUT2D eigenvalue weighted by atomic mass is 79.9. The highest BCUT2D eigenvalue weighted by Gasteiger charge is 2.26. The first kappa shape index (κ1) is 18.6. The summed E-state index contributed by atoms with van der Waals surface area (Å²) in [7, 11) is 0. The average Bonchev–Trinajstić information content (AvgIpc) is 2.90. The Balaban J connectivity index is 1.95. The lowest BCUT2D eigenvalue weighted by Gasteiger charge is -2.06. The number of anilines is 1. The number of fused-ring (bicyclic) bond motifs is 1. The zero-order valence-corrected chi connectivity index (χ0v) is 14.8. The van der Waals surface area contributed by atoms with Crippen LogP contribution in [0.4, 0.5) is 20.2 Å². The van der Waals surface area contributed by atoms with Crippen molar-refractivity contribution in [2.45, 2.75) is 6.61 Å². The second-order valence-corrected chi connectivity index (χ2v) is 6.11. The molecular formula is C16H9BrF2N4O4. The number of halogens is 3. The quantitative estimate of drug-likeness (QED) is 0.435. The van der Waals surface area contributed by atoms with Crippen LogP contribution in [0.25, 0.3) is 0 Å². The van der Waals surface area contributed by atoms with Crippen LogP contribution in [0.1, 0.15) is 11.1 Å². The van der Waals surface area contributed by atoms with E-state index in [1.807, 2.05) is 0 Å². The summed E-state index contributed by atoms with van der Waals surface area (Å²) >= 11 is 3.29. The molecule has 0 aromatic heterocycles. The summed E-state index contributed by atoms with van der Waals surface area (Å²) in [4.78, 5) is 22.2. The molecule has 1 N–H and O–H groups in total. The van der Waals surface area contributed by atoms with Gasteiger partial charge in [0.15, 0.2) is 5.71 Å². The number of hydrogen-bond acceptors (Lipinski definition) is 6. The number of amides is 1. The van der Waals surface area contributed by atoms with E-state index in [1.165, 1.54) is 0 Å². The summed E-state index contributed by atoms with van der Waals surface area (Å²) in [6, 6.07) is 8.16. The van der Waals surface area contributed by atoms with Crippen LogP contribution in [0, 0.1) is 10.1 Å². The zero-order chi connectivity index (χ0) is 19.6. The van der Waals surface area contributed by atoms with Gasteiger partial charge in [0.1, 0.15) is 5.75 Å². The Hall–Kier alpha value is -3.21. The molecule has 0 saturated heterocycles. The minimum atomic E-state index is -3.12. The van der Waals surface area contributed by atoms with Gasteiger partial charge in [-0.15, -0.1) is 5.10 Å². The fourth-order valence-corrected chi connectivity index (χ4v) is 2.69. The van der Waals surface area contributed by atoms with Crippen molar-refractivity contribution in [2.24, 2.45) is 10.2 Å². The van der Waals surface area contributed by atoms with Crippen LogP contribution in [0.3, 0.4) is 0 Å². The van der Waals surface area contributed by atoms with E-state index in [1.54, 1.807) is 18.2 Å². The van der Waals surface area contributed by atoms with E-state index >= 15 is 0 Å². The van der Waals surface area contributed by atoms with Gasteiger partial charge in [-0.25, -0.2) is 0 Å². The summed E-state index contributed by atoms with van der Waals surface area (Å²) in [6.07, 6.45) is 1.00. The molecule has 0 unspecified atom stereocenters. The van der Waals surface area contributed by atoms with Crippen LogP contribution < -0.4 is 10.1 Å². The number of hydrogen-bond donors (Lipinski definition) is 1. The summed E-state index contributed by atoms with van der Waals surface area (Å²) in [5.41, 5.74) is 0.661. The summed E-state index contributed by atoms with van der Waals surface area (Å²) in [6.45, 7) is -3.12. The molecule has 2 aromatic rings. The molecule has 0 fully saturated rings. The molecule has 0 radical (unpaired) electrons. The number of carbonyl (C=O) groups excluding carboxylic acids is 1. The highest BCUT2D eigenvalue weighted by molar-refractivity contribution is 9.10. The average molecular weight is 439 g/mol. The van der Waals surface area contributed by atoms with Gasteiger partial charge in [0.25, 0.3) is 11.6 Å². The van der Waals surface area contributed by atoms with E-state index in [-0.39, 0.29) is 22.7 Å². The van der Waals surface area contributed by atoms with Gasteiger partial charge in [-0.05, 0) is 24.3 Å². The molecule has 1 heterocycles. The maximum Gasteiger partial charge on any atom is 0.387 e. The second kappa shape index (κ2) is 7.58. The molecule has 2 aromatic carbocycles. The monoisotopic (exact) mass is 438 g/mol. The van der Waals surface area contributed by atoms with Crippen molar-refractivity contribution in [2.75, 3.05) is 5.32 Å². The van der Waals surface area contributed by atoms with Crippen LogP contribution >= 0.6 is 15.9 Å². The molecule has 0 saturated carbocycles. The molecule has 8 nitrogen and oxygen atoms in total. The number of alkyl halides is 2. The van der Waals surface area contributed by atoms with Crippen molar-refractivity contribution in [3.8, 4) is 5.75 Å². The van der Waals surface area contributed by atoms with E-state index in [9.17, 15) is 23.7 Å². The van der Waals surface area contributed by atoms with Gasteiger partial charge in [0.2, 0.25) is 0 Å². The molecule has 27 heavy (non-hydrogen) atoms. The fraction of sp³-hybridized carbons (Fsp3) is 0.0625. The Morgan fingerprint density at radius 2 is 2.04 bits per heavy atom. The van der Waals surface area contributed by atoms with Crippen molar-refractivity contribution < 1.29 is 23.2 Å². The van der Waals surface area contributed by atoms with Crippen LogP contribution in [-0.2, 0) is 4.79 Å². The Morgan fingerprint density at radius 3 is 2.74 bits per heavy atom. The molecule has 0 aliphatic carbocycles. The number of nitro benzene ring substituents is 1. The molecule has 1 aliphatic heterocycles. The van der Waals surface area contributed by atoms with Crippen LogP contribution in [0.15, 0.2) is 51.1 Å². The predicted octanol–water partition coefficient (Wildman–Crippen LogP) is 3.73. The SMILES string of the molecule is O=C1Nc2ccc(Br)cc2/C1=N\N=C\c1cc([N+](=O)[O-])ccc1OC(F)F. The first-order valence-electron chi connectivity index (χ1n) is 7.30. The predicted molar refractivity (Wildman–Crippen MR) is 96.6 cm³/mol. The standard InChI is InChI=1S/C16H9BrF2N4O4/c17-9-1-3-12-11(6-9)14(15(24)21-12)22-20-7-8-5-10(23(25)26)2-4-13(8)27-16(18)19/h1-7,16H,(H,21,22,24)/b20-7+. The second-order valence-electron chi connectivity index (χ2n) is 5.19. The minimum absolute atomic E-state index is 0.0179. The first-order chi connectivity index (χ1) is 12.8. The molecule has 138 valence electrons. The van der Waals surface area contributed by atoms with Crippen molar-refractivity contribution in [1.29, 1.82) is 0 Å². The Kier molecular flexibility index (Phi) is 5.21. The Labute approximate surface area is 158 Å². The van der Waals surface area contributed by atoms with E-state index in [4.69, 9.17) is 0 Å². The van der Waals surface area contributed by atoms with E-state index < -0.39 is 17.4 Å². The van der Waals surface area contributed by atoms with Gasteiger partial charge in [-0.1, -0.05) is 15.9 Å². The largest absolute Gasteiger partial charge is 0.434 e. The number of ether oxygens (including phenoxy) is 1. The minimum Gasteiger partial charge on any atom is -0.434 e. The normalized spacial score (nSPS) is 14.7. The van der Waals surface area contributed by atoms with Crippen LogP contribution in [0.5, 0.6) is 5.75 Å². The number of nitro groups is 1. The Bertz CT molecular complexity index is 994. The molecule has 0 spiro atoms. The number of benzene rings is 2. The van der Waals surface area contributed by atoms with Crippen molar-refractivity contribution >= 4 is 45.1 Å². The lowest BCUT2D eigenvalue weighted by atomic mass is 10.1. The Morgan fingerprint density at radius 1 is 1.26 bits per heavy atom. The zero-order valence-electron chi connectivity index (χ0n) is 13.2. The molecule has 0 bridgehead atoms. The van der Waals surface area contributed by atoms with E-state index in [2.05, 4.69) is 36.2 Å². The van der Waals surface area contributed by atoms with Gasteiger partial charge in [-0.2, -0.15) is 13.9 Å². The van der Waals surface area contributed by atoms with Crippen LogP contribution in [0.2, 0.25) is 0 Å². The highest BCUT2D eigenvalue weighted by Crippen LogP contribution is 2.27. The number of nitrogens with zero attached hydrogens (tertiary/aromatic N) is 3. The number of carbonyl (C=O) groups is 1. The number of non-ortho nitro benzene ring substituents is 1. The van der Waals surface area contributed by atoms with Gasteiger partial charge >= 0.3 is 6.61 Å². The van der Waals surface area contributed by atoms with E-state index in [0.29, 0.717) is 11.3 Å². The molecular weight excluding hydrogens is 430 g/mol. The summed E-state index contributed by atoms with van der Waals surface area (Å²) < 4.78 is 30.0. The summed E-state index contributed by atoms with van der Waals surface area (Å²) in [5.74, 6) is -0.790. The molecule has 0 atom stereocenters. The smallest absolute Gasteiger partial charge is 0.387 e. The number of nitrogens with one attached hydrogen (secondary N) is 1. The third-order valence-electron chi connectivity index (χ3n) is 3.47. The van der Waals surface area contributed by atoms with Gasteiger partial charge in [0.05, 0.1) is 16.8 Å². The third-order valence-corrected chi connectivity index (χ3v) is 3.97. The molecule has 1 aliphatic rings. The molecule has 3 rings (SSSR count). The maximum absolute atomic E-state index is 12.5. The van der Waals surface area contributed by atoms with E-state index in [0.717, 1.165) is 28.9 Å². The maximum atomic E-state index is 12.5. The summed E-state index contributed by atoms with van der Waals surface area (Å²) in [5, 5.41) is 21.0. The lowest BCUT2D eigenvalue weighted by molar-refractivity contribution is -0.384.